The third-order valence-corrected chi connectivity index (χ3v) is 1.89. The molecule has 0 aliphatic rings. The third kappa shape index (κ3) is 4.07. The van der Waals surface area contributed by atoms with Crippen LogP contribution in [-0.2, 0) is 0 Å². The molecule has 0 aliphatic heterocycles. The molecular formula is C10H8O9. The van der Waals surface area contributed by atoms with Gasteiger partial charge in [0.05, 0.1) is 0 Å². The Bertz CT molecular complexity index is 497. The summed E-state index contributed by atoms with van der Waals surface area (Å²) in [7, 11) is 0. The van der Waals surface area contributed by atoms with Gasteiger partial charge in [-0.3, -0.25) is 0 Å². The van der Waals surface area contributed by atoms with Gasteiger partial charge in [0.2, 0.25) is 0 Å². The molecule has 0 amide bonds. The van der Waals surface area contributed by atoms with Gasteiger partial charge in [-0.25, -0.2) is 14.4 Å². The maximum atomic E-state index is 10.5. The second kappa shape index (κ2) is 5.58. The molecule has 1 aromatic rings. The number of ether oxygens (including phenoxy) is 3. The van der Waals surface area contributed by atoms with E-state index in [-0.39, 0.29) is 22.8 Å². The Hall–Kier alpha value is -2.97. The molecule has 3 N–H and O–H groups in total. The monoisotopic (exact) mass is 272 g/mol. The highest BCUT2D eigenvalue weighted by Crippen LogP contribution is 2.33. The minimum absolute atomic E-state index is 0.0579. The van der Waals surface area contributed by atoms with E-state index in [4.69, 9.17) is 15.3 Å². The van der Waals surface area contributed by atoms with Crippen LogP contribution in [0, 0.1) is 6.92 Å². The Morgan fingerprint density at radius 2 is 1.21 bits per heavy atom. The minimum atomic E-state index is -1.66. The third-order valence-electron chi connectivity index (χ3n) is 1.89. The first-order valence-electron chi connectivity index (χ1n) is 4.66. The summed E-state index contributed by atoms with van der Waals surface area (Å²) < 4.78 is 13.0. The van der Waals surface area contributed by atoms with E-state index in [1.807, 2.05) is 0 Å². The normalized spacial score (nSPS) is 9.53. The molecule has 0 spiro atoms. The molecule has 0 atom stereocenters. The Morgan fingerprint density at radius 1 is 0.842 bits per heavy atom. The molecule has 102 valence electrons. The van der Waals surface area contributed by atoms with Crippen LogP contribution in [0.2, 0.25) is 0 Å². The van der Waals surface area contributed by atoms with Crippen molar-refractivity contribution in [3.8, 4) is 17.2 Å². The van der Waals surface area contributed by atoms with Crippen molar-refractivity contribution in [3.05, 3.63) is 17.7 Å². The first-order chi connectivity index (χ1) is 8.79. The lowest BCUT2D eigenvalue weighted by molar-refractivity contribution is 0.141. The maximum Gasteiger partial charge on any atom is 0.511 e. The average Bonchev–Trinajstić information content (AvgIpc) is 2.22. The van der Waals surface area contributed by atoms with Crippen molar-refractivity contribution in [2.45, 2.75) is 6.92 Å². The molecule has 1 aromatic carbocycles. The van der Waals surface area contributed by atoms with Gasteiger partial charge < -0.3 is 29.5 Å². The largest absolute Gasteiger partial charge is 0.511 e. The first kappa shape index (κ1) is 14.1. The van der Waals surface area contributed by atoms with Gasteiger partial charge in [0.15, 0.2) is 0 Å². The highest BCUT2D eigenvalue weighted by atomic mass is 16.7. The lowest BCUT2D eigenvalue weighted by Gasteiger charge is -2.11. The Balaban J connectivity index is 3.24. The molecule has 0 saturated carbocycles. The highest BCUT2D eigenvalue weighted by Gasteiger charge is 2.16. The quantitative estimate of drug-likeness (QED) is 0.557. The van der Waals surface area contributed by atoms with Crippen molar-refractivity contribution in [2.75, 3.05) is 0 Å². The van der Waals surface area contributed by atoms with E-state index < -0.39 is 18.5 Å². The molecule has 1 rings (SSSR count). The van der Waals surface area contributed by atoms with Crippen LogP contribution in [0.1, 0.15) is 5.56 Å². The number of hydrogen-bond donors (Lipinski definition) is 3. The van der Waals surface area contributed by atoms with E-state index in [2.05, 4.69) is 14.2 Å². The maximum absolute atomic E-state index is 10.5. The Kier molecular flexibility index (Phi) is 4.14. The highest BCUT2D eigenvalue weighted by molar-refractivity contribution is 5.68. The summed E-state index contributed by atoms with van der Waals surface area (Å²) in [6, 6.07) is 1.96. The van der Waals surface area contributed by atoms with Crippen molar-refractivity contribution in [2.24, 2.45) is 0 Å². The molecule has 0 bridgehead atoms. The topological polar surface area (TPSA) is 140 Å². The summed E-state index contributed by atoms with van der Waals surface area (Å²) in [5.41, 5.74) is 0.0579. The van der Waals surface area contributed by atoms with Crippen molar-refractivity contribution in [1.29, 1.82) is 0 Å². The Morgan fingerprint density at radius 3 is 1.53 bits per heavy atom. The van der Waals surface area contributed by atoms with E-state index in [1.54, 1.807) is 0 Å². The zero-order chi connectivity index (χ0) is 14.6. The Labute approximate surface area is 105 Å². The van der Waals surface area contributed by atoms with Gasteiger partial charge in [0.25, 0.3) is 0 Å². The number of benzene rings is 1. The van der Waals surface area contributed by atoms with Crippen LogP contribution < -0.4 is 14.2 Å². The van der Waals surface area contributed by atoms with Crippen molar-refractivity contribution >= 4 is 18.5 Å². The van der Waals surface area contributed by atoms with E-state index in [1.165, 1.54) is 6.92 Å². The minimum Gasteiger partial charge on any atom is -0.449 e. The SMILES string of the molecule is Cc1c(OC(=O)O)cc(OC(=O)O)cc1OC(=O)O. The number of rotatable bonds is 3. The summed E-state index contributed by atoms with van der Waals surface area (Å²) in [6.45, 7) is 1.33. The van der Waals surface area contributed by atoms with Crippen LogP contribution in [0.5, 0.6) is 17.2 Å². The fourth-order valence-electron chi connectivity index (χ4n) is 1.20. The van der Waals surface area contributed by atoms with Crippen LogP contribution >= 0.6 is 0 Å². The molecule has 0 radical (unpaired) electrons. The van der Waals surface area contributed by atoms with E-state index in [0.717, 1.165) is 12.1 Å². The standard InChI is InChI=1S/C10H8O9/c1-4-6(18-9(13)14)2-5(17-8(11)12)3-7(4)19-10(15)16/h2-3H,1H3,(H,11,12)(H,13,14)(H,15,16). The summed E-state index contributed by atoms with van der Waals surface area (Å²) in [6.07, 6.45) is -4.97. The van der Waals surface area contributed by atoms with E-state index in [0.29, 0.717) is 0 Å². The smallest absolute Gasteiger partial charge is 0.449 e. The molecule has 19 heavy (non-hydrogen) atoms. The molecule has 0 aromatic heterocycles. The van der Waals surface area contributed by atoms with Crippen molar-refractivity contribution in [1.82, 2.24) is 0 Å². The van der Waals surface area contributed by atoms with Crippen LogP contribution in [0.15, 0.2) is 12.1 Å². The number of carboxylic acid groups (broad SMARTS) is 3. The second-order valence-electron chi connectivity index (χ2n) is 3.15. The lowest BCUT2D eigenvalue weighted by Crippen LogP contribution is -2.10. The zero-order valence-electron chi connectivity index (χ0n) is 9.45. The molecule has 0 heterocycles. The number of carbonyl (C=O) groups is 3. The molecule has 0 fully saturated rings. The van der Waals surface area contributed by atoms with Crippen molar-refractivity contribution < 1.29 is 43.9 Å². The fourth-order valence-corrected chi connectivity index (χ4v) is 1.20. The summed E-state index contributed by atoms with van der Waals surface area (Å²) in [5, 5.41) is 25.4. The van der Waals surface area contributed by atoms with Gasteiger partial charge in [0.1, 0.15) is 17.2 Å². The predicted octanol–water partition coefficient (Wildman–Crippen LogP) is 2.17. The molecule has 0 saturated heterocycles. The lowest BCUT2D eigenvalue weighted by atomic mass is 10.2. The fraction of sp³-hybridized carbons (Fsp3) is 0.100. The summed E-state index contributed by atoms with van der Waals surface area (Å²) in [4.78, 5) is 31.3. The zero-order valence-corrected chi connectivity index (χ0v) is 9.45. The first-order valence-corrected chi connectivity index (χ1v) is 4.66. The van der Waals surface area contributed by atoms with Crippen LogP contribution in [0.3, 0.4) is 0 Å². The molecule has 0 aliphatic carbocycles. The summed E-state index contributed by atoms with van der Waals surface area (Å²) >= 11 is 0. The number of hydrogen-bond acceptors (Lipinski definition) is 6. The van der Waals surface area contributed by atoms with Gasteiger partial charge in [0, 0.05) is 17.7 Å². The summed E-state index contributed by atoms with van der Waals surface area (Å²) in [5.74, 6) is -0.949. The van der Waals surface area contributed by atoms with Crippen LogP contribution in [0.4, 0.5) is 14.4 Å². The molecule has 9 heteroatoms. The van der Waals surface area contributed by atoms with E-state index >= 15 is 0 Å². The van der Waals surface area contributed by atoms with Gasteiger partial charge in [-0.1, -0.05) is 0 Å². The van der Waals surface area contributed by atoms with Crippen LogP contribution in [-0.4, -0.2) is 33.8 Å². The second-order valence-corrected chi connectivity index (χ2v) is 3.15. The average molecular weight is 272 g/mol. The predicted molar refractivity (Wildman–Crippen MR) is 57.1 cm³/mol. The molecular weight excluding hydrogens is 264 g/mol. The van der Waals surface area contributed by atoms with Crippen molar-refractivity contribution in [3.63, 3.8) is 0 Å². The van der Waals surface area contributed by atoms with Gasteiger partial charge in [-0.2, -0.15) is 0 Å². The van der Waals surface area contributed by atoms with Gasteiger partial charge in [-0.15, -0.1) is 0 Å². The van der Waals surface area contributed by atoms with Crippen LogP contribution in [0.25, 0.3) is 0 Å². The molecule has 0 unspecified atom stereocenters. The van der Waals surface area contributed by atoms with E-state index in [9.17, 15) is 14.4 Å². The van der Waals surface area contributed by atoms with Gasteiger partial charge >= 0.3 is 18.5 Å². The van der Waals surface area contributed by atoms with Gasteiger partial charge in [-0.05, 0) is 6.92 Å². The molecule has 9 nitrogen and oxygen atoms in total.